The maximum Gasteiger partial charge on any atom is 0.338 e. The molecule has 3 nitrogen and oxygen atoms in total. The first-order valence-corrected chi connectivity index (χ1v) is 7.94. The second kappa shape index (κ2) is 5.83. The predicted molar refractivity (Wildman–Crippen MR) is 82.5 cm³/mol. The first-order valence-electron chi connectivity index (χ1n) is 6.14. The molecule has 2 aromatic carbocycles. The van der Waals surface area contributed by atoms with E-state index in [1.54, 1.807) is 23.5 Å². The van der Waals surface area contributed by atoms with Crippen molar-refractivity contribution in [1.82, 2.24) is 4.98 Å². The number of para-hydroxylation sites is 1. The Balaban J connectivity index is 1.81. The van der Waals surface area contributed by atoms with Crippen LogP contribution in [0.15, 0.2) is 46.8 Å². The molecular formula is C15H10FNO2S2. The molecule has 0 unspecified atom stereocenters. The van der Waals surface area contributed by atoms with Crippen LogP contribution in [-0.2, 0) is 5.75 Å². The molecule has 0 spiro atoms. The van der Waals surface area contributed by atoms with Crippen LogP contribution >= 0.6 is 23.1 Å². The van der Waals surface area contributed by atoms with Crippen molar-refractivity contribution in [2.75, 3.05) is 0 Å². The Morgan fingerprint density at radius 1 is 1.24 bits per heavy atom. The SMILES string of the molecule is O=C(O)c1cccc(CSc2nc3ccccc3s2)c1F. The molecule has 3 rings (SSSR count). The van der Waals surface area contributed by atoms with Crippen molar-refractivity contribution in [3.63, 3.8) is 0 Å². The summed E-state index contributed by atoms with van der Waals surface area (Å²) in [6.45, 7) is 0. The van der Waals surface area contributed by atoms with Crippen molar-refractivity contribution < 1.29 is 14.3 Å². The monoisotopic (exact) mass is 319 g/mol. The Kier molecular flexibility index (Phi) is 3.90. The van der Waals surface area contributed by atoms with E-state index >= 15 is 0 Å². The zero-order chi connectivity index (χ0) is 14.8. The van der Waals surface area contributed by atoms with Crippen LogP contribution in [0.4, 0.5) is 4.39 Å². The van der Waals surface area contributed by atoms with Gasteiger partial charge in [-0.3, -0.25) is 0 Å². The van der Waals surface area contributed by atoms with Crippen LogP contribution in [-0.4, -0.2) is 16.1 Å². The van der Waals surface area contributed by atoms with Crippen molar-refractivity contribution in [1.29, 1.82) is 0 Å². The fraction of sp³-hybridized carbons (Fsp3) is 0.0667. The molecule has 6 heteroatoms. The Morgan fingerprint density at radius 2 is 2.05 bits per heavy atom. The molecule has 0 saturated carbocycles. The smallest absolute Gasteiger partial charge is 0.338 e. The zero-order valence-corrected chi connectivity index (χ0v) is 12.4. The molecule has 1 N–H and O–H groups in total. The Morgan fingerprint density at radius 3 is 2.81 bits per heavy atom. The van der Waals surface area contributed by atoms with Gasteiger partial charge in [0, 0.05) is 5.75 Å². The molecule has 1 heterocycles. The van der Waals surface area contributed by atoms with Gasteiger partial charge >= 0.3 is 5.97 Å². The number of halogens is 1. The van der Waals surface area contributed by atoms with Crippen molar-refractivity contribution in [2.24, 2.45) is 0 Å². The molecule has 0 aliphatic carbocycles. The van der Waals surface area contributed by atoms with Gasteiger partial charge in [-0.1, -0.05) is 36.0 Å². The topological polar surface area (TPSA) is 50.2 Å². The fourth-order valence-corrected chi connectivity index (χ4v) is 3.95. The number of aromatic nitrogens is 1. The molecule has 0 fully saturated rings. The molecule has 0 saturated heterocycles. The Labute approximate surface area is 128 Å². The molecule has 21 heavy (non-hydrogen) atoms. The number of rotatable bonds is 4. The van der Waals surface area contributed by atoms with Gasteiger partial charge in [-0.2, -0.15) is 0 Å². The summed E-state index contributed by atoms with van der Waals surface area (Å²) in [4.78, 5) is 15.4. The average Bonchev–Trinajstić information content (AvgIpc) is 2.88. The molecule has 1 aromatic heterocycles. The summed E-state index contributed by atoms with van der Waals surface area (Å²) >= 11 is 2.95. The second-order valence-electron chi connectivity index (χ2n) is 4.32. The Bertz CT molecular complexity index is 783. The highest BCUT2D eigenvalue weighted by Crippen LogP contribution is 2.32. The second-order valence-corrected chi connectivity index (χ2v) is 6.57. The maximum atomic E-state index is 14.0. The van der Waals surface area contributed by atoms with Gasteiger partial charge in [0.15, 0.2) is 4.34 Å². The molecule has 0 radical (unpaired) electrons. The number of thiazole rings is 1. The predicted octanol–water partition coefficient (Wildman–Crippen LogP) is 4.43. The van der Waals surface area contributed by atoms with Crippen LogP contribution in [0, 0.1) is 5.82 Å². The minimum Gasteiger partial charge on any atom is -0.478 e. The molecule has 0 aliphatic heterocycles. The Hall–Kier alpha value is -1.92. The molecule has 106 valence electrons. The fourth-order valence-electron chi connectivity index (χ4n) is 1.91. The third-order valence-electron chi connectivity index (χ3n) is 2.93. The van der Waals surface area contributed by atoms with Crippen LogP contribution < -0.4 is 0 Å². The van der Waals surface area contributed by atoms with E-state index in [4.69, 9.17) is 5.11 Å². The molecule has 3 aromatic rings. The van der Waals surface area contributed by atoms with Crippen molar-refractivity contribution in [3.05, 3.63) is 59.4 Å². The van der Waals surface area contributed by atoms with E-state index in [2.05, 4.69) is 4.98 Å². The highest BCUT2D eigenvalue weighted by Gasteiger charge is 2.14. The lowest BCUT2D eigenvalue weighted by molar-refractivity contribution is 0.0691. The standard InChI is InChI=1S/C15H10FNO2S2/c16-13-9(4-3-5-10(13)14(18)19)8-20-15-17-11-6-1-2-7-12(11)21-15/h1-7H,8H2,(H,18,19). The summed E-state index contributed by atoms with van der Waals surface area (Å²) in [6.07, 6.45) is 0. The first-order chi connectivity index (χ1) is 10.1. The number of aromatic carboxylic acids is 1. The molecule has 0 amide bonds. The molecule has 0 aliphatic rings. The van der Waals surface area contributed by atoms with Crippen LogP contribution in [0.25, 0.3) is 10.2 Å². The third-order valence-corrected chi connectivity index (χ3v) is 5.16. The summed E-state index contributed by atoms with van der Waals surface area (Å²) in [5.41, 5.74) is 1.00. The summed E-state index contributed by atoms with van der Waals surface area (Å²) in [7, 11) is 0. The highest BCUT2D eigenvalue weighted by molar-refractivity contribution is 8.00. The van der Waals surface area contributed by atoms with Crippen molar-refractivity contribution >= 4 is 39.3 Å². The number of hydrogen-bond acceptors (Lipinski definition) is 4. The van der Waals surface area contributed by atoms with Gasteiger partial charge in [-0.05, 0) is 23.8 Å². The van der Waals surface area contributed by atoms with E-state index < -0.39 is 11.8 Å². The lowest BCUT2D eigenvalue weighted by Gasteiger charge is -2.04. The minimum atomic E-state index is -1.25. The van der Waals surface area contributed by atoms with Gasteiger partial charge < -0.3 is 5.11 Å². The molecular weight excluding hydrogens is 309 g/mol. The maximum absolute atomic E-state index is 14.0. The van der Waals surface area contributed by atoms with E-state index in [0.29, 0.717) is 11.3 Å². The molecule has 0 bridgehead atoms. The largest absolute Gasteiger partial charge is 0.478 e. The van der Waals surface area contributed by atoms with Crippen LogP contribution in [0.2, 0.25) is 0 Å². The number of carboxylic acid groups (broad SMARTS) is 1. The quantitative estimate of drug-likeness (QED) is 0.723. The number of benzene rings is 2. The average molecular weight is 319 g/mol. The molecule has 0 atom stereocenters. The van der Waals surface area contributed by atoms with Gasteiger partial charge in [-0.25, -0.2) is 14.2 Å². The number of nitrogens with zero attached hydrogens (tertiary/aromatic N) is 1. The van der Waals surface area contributed by atoms with Crippen molar-refractivity contribution in [2.45, 2.75) is 10.1 Å². The number of thioether (sulfide) groups is 1. The van der Waals surface area contributed by atoms with E-state index in [1.165, 1.54) is 17.8 Å². The summed E-state index contributed by atoms with van der Waals surface area (Å²) < 4.78 is 15.9. The summed E-state index contributed by atoms with van der Waals surface area (Å²) in [6, 6.07) is 12.2. The van der Waals surface area contributed by atoms with Gasteiger partial charge in [-0.15, -0.1) is 11.3 Å². The number of carboxylic acids is 1. The number of fused-ring (bicyclic) bond motifs is 1. The van der Waals surface area contributed by atoms with Crippen molar-refractivity contribution in [3.8, 4) is 0 Å². The lowest BCUT2D eigenvalue weighted by atomic mass is 10.1. The lowest BCUT2D eigenvalue weighted by Crippen LogP contribution is -2.02. The number of carbonyl (C=O) groups is 1. The third kappa shape index (κ3) is 2.91. The van der Waals surface area contributed by atoms with Crippen LogP contribution in [0.3, 0.4) is 0 Å². The summed E-state index contributed by atoms with van der Waals surface area (Å²) in [5.74, 6) is -1.56. The van der Waals surface area contributed by atoms with Crippen LogP contribution in [0.1, 0.15) is 15.9 Å². The van der Waals surface area contributed by atoms with E-state index in [1.807, 2.05) is 24.3 Å². The highest BCUT2D eigenvalue weighted by atomic mass is 32.2. The van der Waals surface area contributed by atoms with E-state index in [0.717, 1.165) is 14.6 Å². The zero-order valence-electron chi connectivity index (χ0n) is 10.7. The normalized spacial score (nSPS) is 10.9. The van der Waals surface area contributed by atoms with Gasteiger partial charge in [0.05, 0.1) is 15.8 Å². The minimum absolute atomic E-state index is 0.294. The summed E-state index contributed by atoms with van der Waals surface area (Å²) in [5, 5.41) is 8.91. The van der Waals surface area contributed by atoms with Gasteiger partial charge in [0.1, 0.15) is 5.82 Å². The van der Waals surface area contributed by atoms with Gasteiger partial charge in [0.25, 0.3) is 0 Å². The van der Waals surface area contributed by atoms with Gasteiger partial charge in [0.2, 0.25) is 0 Å². The first kappa shape index (κ1) is 14.0. The number of hydrogen-bond donors (Lipinski definition) is 1. The van der Waals surface area contributed by atoms with E-state index in [-0.39, 0.29) is 5.56 Å². The van der Waals surface area contributed by atoms with Crippen LogP contribution in [0.5, 0.6) is 0 Å². The van der Waals surface area contributed by atoms with E-state index in [9.17, 15) is 9.18 Å².